The lowest BCUT2D eigenvalue weighted by Gasteiger charge is -2.63. The van der Waals surface area contributed by atoms with Crippen LogP contribution in [-0.2, 0) is 0 Å². The molecule has 2 aromatic rings. The summed E-state index contributed by atoms with van der Waals surface area (Å²) in [6.45, 7) is 12.4. The van der Waals surface area contributed by atoms with E-state index in [1.807, 2.05) is 24.3 Å². The second-order valence-corrected chi connectivity index (χ2v) is 10.3. The maximum atomic E-state index is 13.1. The number of nitrogens with zero attached hydrogens (tertiary/aromatic N) is 2. The quantitative estimate of drug-likeness (QED) is 0.682. The van der Waals surface area contributed by atoms with Gasteiger partial charge in [0, 0.05) is 60.4 Å². The first-order valence-electron chi connectivity index (χ1n) is 11.8. The van der Waals surface area contributed by atoms with Gasteiger partial charge in [-0.05, 0) is 36.4 Å². The number of hydrogen-bond donors (Lipinski definition) is 2. The summed E-state index contributed by atoms with van der Waals surface area (Å²) in [6, 6.07) is 15.2. The maximum absolute atomic E-state index is 13.1. The zero-order valence-electron chi connectivity index (χ0n) is 20.6. The van der Waals surface area contributed by atoms with E-state index in [1.54, 1.807) is 25.3 Å². The first-order valence-corrected chi connectivity index (χ1v) is 11.8. The van der Waals surface area contributed by atoms with Crippen molar-refractivity contribution in [3.63, 3.8) is 0 Å². The van der Waals surface area contributed by atoms with Gasteiger partial charge in [-0.3, -0.25) is 4.79 Å². The molecule has 7 nitrogen and oxygen atoms in total. The van der Waals surface area contributed by atoms with E-state index in [4.69, 9.17) is 9.47 Å². The van der Waals surface area contributed by atoms with E-state index in [-0.39, 0.29) is 28.9 Å². The van der Waals surface area contributed by atoms with Gasteiger partial charge >= 0.3 is 0 Å². The molecule has 34 heavy (non-hydrogen) atoms. The molecule has 0 unspecified atom stereocenters. The van der Waals surface area contributed by atoms with Gasteiger partial charge in [-0.15, -0.1) is 0 Å². The molecular formula is C27H34N4O3. The minimum absolute atomic E-state index is 0.0642. The summed E-state index contributed by atoms with van der Waals surface area (Å²) in [7, 11) is 1.54. The average Bonchev–Trinajstić information content (AvgIpc) is 2.85. The van der Waals surface area contributed by atoms with Gasteiger partial charge in [0.15, 0.2) is 0 Å². The van der Waals surface area contributed by atoms with Crippen LogP contribution in [-0.4, -0.2) is 51.3 Å². The third-order valence-electron chi connectivity index (χ3n) is 7.27. The summed E-state index contributed by atoms with van der Waals surface area (Å²) < 4.78 is 11.7. The molecule has 0 atom stereocenters. The van der Waals surface area contributed by atoms with Gasteiger partial charge in [-0.2, -0.15) is 5.26 Å². The summed E-state index contributed by atoms with van der Waals surface area (Å²) in [4.78, 5) is 15.4. The number of anilines is 1. The van der Waals surface area contributed by atoms with Crippen LogP contribution in [0.1, 0.15) is 43.6 Å². The van der Waals surface area contributed by atoms with E-state index in [2.05, 4.69) is 49.3 Å². The molecule has 0 aromatic heterocycles. The lowest BCUT2D eigenvalue weighted by atomic mass is 9.49. The molecule has 7 heteroatoms. The fourth-order valence-corrected chi connectivity index (χ4v) is 5.73. The van der Waals surface area contributed by atoms with Gasteiger partial charge in [-0.1, -0.05) is 27.7 Å². The third kappa shape index (κ3) is 4.30. The maximum Gasteiger partial charge on any atom is 0.251 e. The van der Waals surface area contributed by atoms with Crippen LogP contribution in [0.5, 0.6) is 11.5 Å². The van der Waals surface area contributed by atoms with Gasteiger partial charge in [0.25, 0.3) is 5.91 Å². The van der Waals surface area contributed by atoms with E-state index in [9.17, 15) is 10.1 Å². The number of nitrogens with one attached hydrogen (secondary N) is 2. The van der Waals surface area contributed by atoms with Crippen LogP contribution < -0.4 is 25.0 Å². The van der Waals surface area contributed by atoms with Crippen molar-refractivity contribution in [1.29, 1.82) is 5.26 Å². The molecule has 1 aliphatic carbocycles. The van der Waals surface area contributed by atoms with Crippen LogP contribution in [0.3, 0.4) is 0 Å². The Kier molecular flexibility index (Phi) is 6.46. The molecule has 2 aliphatic rings. The highest BCUT2D eigenvalue weighted by Crippen LogP contribution is 2.55. The summed E-state index contributed by atoms with van der Waals surface area (Å²) >= 11 is 0. The van der Waals surface area contributed by atoms with E-state index >= 15 is 0 Å². The topological polar surface area (TPSA) is 86.6 Å². The molecule has 4 rings (SSSR count). The molecule has 0 bridgehead atoms. The molecule has 1 amide bonds. The van der Waals surface area contributed by atoms with Gasteiger partial charge < -0.3 is 25.0 Å². The molecule has 2 N–H and O–H groups in total. The normalized spacial score (nSPS) is 22.8. The predicted octanol–water partition coefficient (Wildman–Crippen LogP) is 3.59. The molecular weight excluding hydrogens is 428 g/mol. The molecule has 2 aromatic carbocycles. The van der Waals surface area contributed by atoms with Crippen molar-refractivity contribution in [3.8, 4) is 17.6 Å². The number of nitriles is 1. The standard InChI is InChI=1S/C27H34N4O3/c1-26(2)24(27(3,4)25(26)34-21-11-8-19(17-28)22(16-21)33-5)30-23(32)18-6-9-20(10-7-18)31-14-12-29-13-15-31/h6-11,16,24-25,29H,12-15H2,1-5H3,(H,30,32). The average molecular weight is 463 g/mol. The summed E-state index contributed by atoms with van der Waals surface area (Å²) in [5.74, 6) is 1.07. The summed E-state index contributed by atoms with van der Waals surface area (Å²) in [5.41, 5.74) is 1.69. The Labute approximate surface area is 202 Å². The molecule has 1 saturated heterocycles. The van der Waals surface area contributed by atoms with Crippen molar-refractivity contribution in [2.45, 2.75) is 39.8 Å². The number of methoxy groups -OCH3 is 1. The Morgan fingerprint density at radius 1 is 1.09 bits per heavy atom. The second kappa shape index (κ2) is 9.19. The van der Waals surface area contributed by atoms with Gasteiger partial charge in [0.1, 0.15) is 23.7 Å². The largest absolute Gasteiger partial charge is 0.495 e. The number of rotatable bonds is 6. The molecule has 1 heterocycles. The Balaban J connectivity index is 1.44. The van der Waals surface area contributed by atoms with Gasteiger partial charge in [-0.25, -0.2) is 0 Å². The number of carbonyl (C=O) groups is 1. The molecule has 1 saturated carbocycles. The van der Waals surface area contributed by atoms with Crippen LogP contribution in [0.2, 0.25) is 0 Å². The first kappa shape index (κ1) is 23.9. The zero-order chi connectivity index (χ0) is 24.5. The third-order valence-corrected chi connectivity index (χ3v) is 7.27. The molecule has 0 radical (unpaired) electrons. The Hall–Kier alpha value is -3.24. The fourth-order valence-electron chi connectivity index (χ4n) is 5.73. The van der Waals surface area contributed by atoms with Crippen LogP contribution in [0.25, 0.3) is 0 Å². The zero-order valence-corrected chi connectivity index (χ0v) is 20.6. The number of amides is 1. The van der Waals surface area contributed by atoms with Crippen LogP contribution >= 0.6 is 0 Å². The predicted molar refractivity (Wildman–Crippen MR) is 132 cm³/mol. The minimum Gasteiger partial charge on any atom is -0.495 e. The van der Waals surface area contributed by atoms with E-state index in [0.29, 0.717) is 22.6 Å². The smallest absolute Gasteiger partial charge is 0.251 e. The minimum atomic E-state index is -0.291. The van der Waals surface area contributed by atoms with E-state index in [1.165, 1.54) is 0 Å². The van der Waals surface area contributed by atoms with E-state index in [0.717, 1.165) is 31.9 Å². The molecule has 180 valence electrons. The van der Waals surface area contributed by atoms with Gasteiger partial charge in [0.05, 0.1) is 12.7 Å². The van der Waals surface area contributed by atoms with Crippen molar-refractivity contribution >= 4 is 11.6 Å². The number of carbonyl (C=O) groups excluding carboxylic acids is 1. The summed E-state index contributed by atoms with van der Waals surface area (Å²) in [6.07, 6.45) is -0.127. The highest BCUT2D eigenvalue weighted by atomic mass is 16.5. The Morgan fingerprint density at radius 3 is 2.32 bits per heavy atom. The highest BCUT2D eigenvalue weighted by molar-refractivity contribution is 5.95. The molecule has 0 spiro atoms. The van der Waals surface area contributed by atoms with Crippen molar-refractivity contribution in [1.82, 2.24) is 10.6 Å². The molecule has 2 fully saturated rings. The van der Waals surface area contributed by atoms with Crippen LogP contribution in [0, 0.1) is 22.2 Å². The molecule has 1 aliphatic heterocycles. The Morgan fingerprint density at radius 2 is 1.74 bits per heavy atom. The first-order chi connectivity index (χ1) is 16.2. The fraction of sp³-hybridized carbons (Fsp3) is 0.481. The van der Waals surface area contributed by atoms with Crippen molar-refractivity contribution < 1.29 is 14.3 Å². The highest BCUT2D eigenvalue weighted by Gasteiger charge is 2.64. The van der Waals surface area contributed by atoms with Crippen molar-refractivity contribution in [2.24, 2.45) is 10.8 Å². The second-order valence-electron chi connectivity index (χ2n) is 10.3. The van der Waals surface area contributed by atoms with Crippen LogP contribution in [0.4, 0.5) is 5.69 Å². The lowest BCUT2D eigenvalue weighted by molar-refractivity contribution is -0.164. The number of ether oxygens (including phenoxy) is 2. The lowest BCUT2D eigenvalue weighted by Crippen LogP contribution is -2.74. The number of benzene rings is 2. The van der Waals surface area contributed by atoms with Gasteiger partial charge in [0.2, 0.25) is 0 Å². The number of piperazine rings is 1. The number of hydrogen-bond acceptors (Lipinski definition) is 6. The SMILES string of the molecule is COc1cc(OC2C(C)(C)C(NC(=O)c3ccc(N4CCNCC4)cc3)C2(C)C)ccc1C#N. The van der Waals surface area contributed by atoms with Crippen molar-refractivity contribution in [2.75, 3.05) is 38.2 Å². The van der Waals surface area contributed by atoms with Crippen molar-refractivity contribution in [3.05, 3.63) is 53.6 Å². The Bertz CT molecular complexity index is 1070. The summed E-state index contributed by atoms with van der Waals surface area (Å²) in [5, 5.41) is 15.8. The van der Waals surface area contributed by atoms with E-state index < -0.39 is 0 Å². The van der Waals surface area contributed by atoms with Crippen LogP contribution in [0.15, 0.2) is 42.5 Å². The monoisotopic (exact) mass is 462 g/mol.